The standard InChI is InChI=1S/C10H15NO/c1-4-7-12-10-5-6-11-9(3)8(10)2/h5-6H,4,7H2,1-3H3. The van der Waals surface area contributed by atoms with Gasteiger partial charge in [0.25, 0.3) is 0 Å². The molecular weight excluding hydrogens is 150 g/mol. The lowest BCUT2D eigenvalue weighted by Crippen LogP contribution is -1.98. The maximum absolute atomic E-state index is 5.53. The molecule has 0 aliphatic rings. The Hall–Kier alpha value is -1.05. The molecule has 0 bridgehead atoms. The Bertz CT molecular complexity index is 258. The molecule has 0 spiro atoms. The third-order valence-electron chi connectivity index (χ3n) is 1.87. The summed E-state index contributed by atoms with van der Waals surface area (Å²) in [5.74, 6) is 0.962. The van der Waals surface area contributed by atoms with E-state index in [1.807, 2.05) is 19.9 Å². The van der Waals surface area contributed by atoms with E-state index in [2.05, 4.69) is 11.9 Å². The van der Waals surface area contributed by atoms with E-state index in [4.69, 9.17) is 4.74 Å². The number of hydrogen-bond donors (Lipinski definition) is 0. The van der Waals surface area contributed by atoms with Crippen molar-refractivity contribution < 1.29 is 4.74 Å². The van der Waals surface area contributed by atoms with Gasteiger partial charge in [0.2, 0.25) is 0 Å². The largest absolute Gasteiger partial charge is 0.493 e. The number of ether oxygens (including phenoxy) is 1. The SMILES string of the molecule is CCCOc1ccnc(C)c1C. The third kappa shape index (κ3) is 1.97. The van der Waals surface area contributed by atoms with E-state index >= 15 is 0 Å². The normalized spacial score (nSPS) is 9.92. The van der Waals surface area contributed by atoms with Crippen molar-refractivity contribution in [2.75, 3.05) is 6.61 Å². The number of rotatable bonds is 3. The molecule has 0 fully saturated rings. The summed E-state index contributed by atoms with van der Waals surface area (Å²) in [5.41, 5.74) is 2.19. The first-order chi connectivity index (χ1) is 5.75. The Morgan fingerprint density at radius 3 is 2.83 bits per heavy atom. The van der Waals surface area contributed by atoms with E-state index in [9.17, 15) is 0 Å². The lowest BCUT2D eigenvalue weighted by atomic mass is 10.2. The van der Waals surface area contributed by atoms with Gasteiger partial charge in [-0.05, 0) is 26.3 Å². The van der Waals surface area contributed by atoms with Crippen LogP contribution in [-0.4, -0.2) is 11.6 Å². The highest BCUT2D eigenvalue weighted by molar-refractivity contribution is 5.33. The minimum absolute atomic E-state index is 0.782. The van der Waals surface area contributed by atoms with Crippen molar-refractivity contribution in [2.24, 2.45) is 0 Å². The number of nitrogens with zero attached hydrogens (tertiary/aromatic N) is 1. The van der Waals surface area contributed by atoms with Crippen LogP contribution in [0.15, 0.2) is 12.3 Å². The molecule has 1 rings (SSSR count). The predicted molar refractivity (Wildman–Crippen MR) is 49.5 cm³/mol. The fourth-order valence-electron chi connectivity index (χ4n) is 0.985. The summed E-state index contributed by atoms with van der Waals surface area (Å²) in [4.78, 5) is 4.17. The van der Waals surface area contributed by atoms with Crippen LogP contribution in [0.4, 0.5) is 0 Å². The monoisotopic (exact) mass is 165 g/mol. The second-order valence-electron chi connectivity index (χ2n) is 2.87. The van der Waals surface area contributed by atoms with Crippen LogP contribution < -0.4 is 4.74 Å². The highest BCUT2D eigenvalue weighted by Crippen LogP contribution is 2.18. The zero-order valence-electron chi connectivity index (χ0n) is 7.92. The molecule has 0 saturated heterocycles. The minimum atomic E-state index is 0.782. The molecule has 2 heteroatoms. The van der Waals surface area contributed by atoms with Crippen molar-refractivity contribution in [2.45, 2.75) is 27.2 Å². The lowest BCUT2D eigenvalue weighted by molar-refractivity contribution is 0.314. The zero-order chi connectivity index (χ0) is 8.97. The second-order valence-corrected chi connectivity index (χ2v) is 2.87. The maximum Gasteiger partial charge on any atom is 0.125 e. The Morgan fingerprint density at radius 2 is 2.17 bits per heavy atom. The van der Waals surface area contributed by atoms with Crippen LogP contribution in [0.5, 0.6) is 5.75 Å². The van der Waals surface area contributed by atoms with Gasteiger partial charge in [-0.2, -0.15) is 0 Å². The summed E-state index contributed by atoms with van der Waals surface area (Å²) in [6.45, 7) is 6.91. The number of hydrogen-bond acceptors (Lipinski definition) is 2. The van der Waals surface area contributed by atoms with E-state index in [-0.39, 0.29) is 0 Å². The molecule has 0 amide bonds. The van der Waals surface area contributed by atoms with Gasteiger partial charge in [-0.3, -0.25) is 4.98 Å². The summed E-state index contributed by atoms with van der Waals surface area (Å²) in [6.07, 6.45) is 2.83. The highest BCUT2D eigenvalue weighted by atomic mass is 16.5. The molecule has 12 heavy (non-hydrogen) atoms. The quantitative estimate of drug-likeness (QED) is 0.686. The van der Waals surface area contributed by atoms with Gasteiger partial charge in [-0.15, -0.1) is 0 Å². The fraction of sp³-hybridized carbons (Fsp3) is 0.500. The van der Waals surface area contributed by atoms with Crippen LogP contribution in [-0.2, 0) is 0 Å². The van der Waals surface area contributed by atoms with Crippen molar-refractivity contribution in [3.63, 3.8) is 0 Å². The molecule has 0 aromatic carbocycles. The van der Waals surface area contributed by atoms with Crippen molar-refractivity contribution in [1.82, 2.24) is 4.98 Å². The Kier molecular flexibility index (Phi) is 3.09. The lowest BCUT2D eigenvalue weighted by Gasteiger charge is -2.08. The molecule has 0 N–H and O–H groups in total. The first-order valence-corrected chi connectivity index (χ1v) is 4.30. The summed E-state index contributed by atoms with van der Waals surface area (Å²) < 4.78 is 5.53. The van der Waals surface area contributed by atoms with Crippen LogP contribution in [0.1, 0.15) is 24.6 Å². The number of aryl methyl sites for hydroxylation is 1. The van der Waals surface area contributed by atoms with Gasteiger partial charge in [-0.25, -0.2) is 0 Å². The first kappa shape index (κ1) is 9.04. The first-order valence-electron chi connectivity index (χ1n) is 4.30. The molecule has 1 aromatic heterocycles. The Morgan fingerprint density at radius 1 is 1.42 bits per heavy atom. The van der Waals surface area contributed by atoms with Crippen LogP contribution in [0, 0.1) is 13.8 Å². The zero-order valence-corrected chi connectivity index (χ0v) is 7.92. The van der Waals surface area contributed by atoms with Gasteiger partial charge in [0.15, 0.2) is 0 Å². The Labute approximate surface area is 73.6 Å². The molecular formula is C10H15NO. The topological polar surface area (TPSA) is 22.1 Å². The maximum atomic E-state index is 5.53. The second kappa shape index (κ2) is 4.10. The van der Waals surface area contributed by atoms with Crippen molar-refractivity contribution >= 4 is 0 Å². The number of pyridine rings is 1. The molecule has 0 aliphatic carbocycles. The molecule has 0 unspecified atom stereocenters. The molecule has 0 aliphatic heterocycles. The van der Waals surface area contributed by atoms with Crippen LogP contribution in [0.3, 0.4) is 0 Å². The summed E-state index contributed by atoms with van der Waals surface area (Å²) in [5, 5.41) is 0. The van der Waals surface area contributed by atoms with Crippen LogP contribution >= 0.6 is 0 Å². The van der Waals surface area contributed by atoms with E-state index in [0.717, 1.165) is 30.0 Å². The average Bonchev–Trinajstić information content (AvgIpc) is 2.08. The summed E-state index contributed by atoms with van der Waals surface area (Å²) in [7, 11) is 0. The molecule has 2 nitrogen and oxygen atoms in total. The smallest absolute Gasteiger partial charge is 0.125 e. The van der Waals surface area contributed by atoms with Crippen molar-refractivity contribution in [3.05, 3.63) is 23.5 Å². The van der Waals surface area contributed by atoms with Gasteiger partial charge in [0, 0.05) is 17.5 Å². The molecule has 66 valence electrons. The molecule has 0 saturated carbocycles. The summed E-state index contributed by atoms with van der Waals surface area (Å²) in [6, 6.07) is 1.91. The summed E-state index contributed by atoms with van der Waals surface area (Å²) >= 11 is 0. The predicted octanol–water partition coefficient (Wildman–Crippen LogP) is 2.49. The molecule has 1 heterocycles. The molecule has 0 radical (unpaired) electrons. The van der Waals surface area contributed by atoms with E-state index in [1.165, 1.54) is 0 Å². The molecule has 1 aromatic rings. The van der Waals surface area contributed by atoms with Crippen LogP contribution in [0.25, 0.3) is 0 Å². The highest BCUT2D eigenvalue weighted by Gasteiger charge is 2.00. The van der Waals surface area contributed by atoms with Crippen molar-refractivity contribution in [1.29, 1.82) is 0 Å². The third-order valence-corrected chi connectivity index (χ3v) is 1.87. The van der Waals surface area contributed by atoms with E-state index in [0.29, 0.717) is 0 Å². The Balaban J connectivity index is 2.78. The van der Waals surface area contributed by atoms with Crippen molar-refractivity contribution in [3.8, 4) is 5.75 Å². The van der Waals surface area contributed by atoms with Gasteiger partial charge >= 0.3 is 0 Å². The number of aromatic nitrogens is 1. The van der Waals surface area contributed by atoms with Gasteiger partial charge < -0.3 is 4.74 Å². The van der Waals surface area contributed by atoms with E-state index in [1.54, 1.807) is 6.20 Å². The fourth-order valence-corrected chi connectivity index (χ4v) is 0.985. The van der Waals surface area contributed by atoms with Gasteiger partial charge in [0.1, 0.15) is 5.75 Å². The minimum Gasteiger partial charge on any atom is -0.493 e. The van der Waals surface area contributed by atoms with Gasteiger partial charge in [-0.1, -0.05) is 6.92 Å². The van der Waals surface area contributed by atoms with Crippen LogP contribution in [0.2, 0.25) is 0 Å². The average molecular weight is 165 g/mol. The molecule has 0 atom stereocenters. The van der Waals surface area contributed by atoms with E-state index < -0.39 is 0 Å². The van der Waals surface area contributed by atoms with Gasteiger partial charge in [0.05, 0.1) is 6.61 Å².